The molecule has 6 nitrogen and oxygen atoms in total. The van der Waals surface area contributed by atoms with Gasteiger partial charge in [-0.15, -0.1) is 0 Å². The number of aryl methyl sites for hydroxylation is 2. The van der Waals surface area contributed by atoms with Gasteiger partial charge in [0.1, 0.15) is 6.04 Å². The Kier molecular flexibility index (Phi) is 5.95. The van der Waals surface area contributed by atoms with Crippen molar-refractivity contribution in [3.63, 3.8) is 0 Å². The third-order valence-electron chi connectivity index (χ3n) is 5.57. The van der Waals surface area contributed by atoms with E-state index in [0.29, 0.717) is 5.69 Å². The van der Waals surface area contributed by atoms with E-state index in [0.717, 1.165) is 25.9 Å². The van der Waals surface area contributed by atoms with E-state index in [1.54, 1.807) is 42.5 Å². The molecule has 1 unspecified atom stereocenters. The third-order valence-corrected chi connectivity index (χ3v) is 7.44. The second-order valence-electron chi connectivity index (χ2n) is 7.97. The summed E-state index contributed by atoms with van der Waals surface area (Å²) in [5, 5.41) is 0. The molecule has 3 aromatic rings. The van der Waals surface area contributed by atoms with Gasteiger partial charge in [-0.05, 0) is 43.7 Å². The number of hydrogen-bond donors (Lipinski definition) is 0. The van der Waals surface area contributed by atoms with Crippen LogP contribution in [0.2, 0.25) is 0 Å². The summed E-state index contributed by atoms with van der Waals surface area (Å²) < 4.78 is 28.4. The number of carbonyl (C=O) groups is 2. The summed E-state index contributed by atoms with van der Waals surface area (Å²) in [6.07, 6.45) is -0.204. The summed E-state index contributed by atoms with van der Waals surface area (Å²) >= 11 is 0. The predicted octanol–water partition coefficient (Wildman–Crippen LogP) is 3.83. The van der Waals surface area contributed by atoms with Crippen molar-refractivity contribution in [2.24, 2.45) is 0 Å². The van der Waals surface area contributed by atoms with E-state index < -0.39 is 27.9 Å². The second-order valence-corrected chi connectivity index (χ2v) is 9.86. The zero-order valence-corrected chi connectivity index (χ0v) is 18.7. The average Bonchev–Trinajstić information content (AvgIpc) is 3.07. The summed E-state index contributed by atoms with van der Waals surface area (Å²) in [5.74, 6) is -0.955. The first-order valence-corrected chi connectivity index (χ1v) is 11.8. The van der Waals surface area contributed by atoms with Crippen molar-refractivity contribution in [3.05, 3.63) is 95.6 Å². The van der Waals surface area contributed by atoms with Crippen molar-refractivity contribution in [1.82, 2.24) is 4.31 Å². The Labute approximate surface area is 188 Å². The normalized spacial score (nSPS) is 16.7. The number of amides is 2. The third kappa shape index (κ3) is 4.22. The molecule has 0 N–H and O–H groups in total. The highest BCUT2D eigenvalue weighted by molar-refractivity contribution is 7.89. The van der Waals surface area contributed by atoms with Crippen LogP contribution in [0.4, 0.5) is 5.69 Å². The van der Waals surface area contributed by atoms with Gasteiger partial charge in [-0.2, -0.15) is 4.31 Å². The maximum Gasteiger partial charge on any atom is 0.252 e. The SMILES string of the molecule is Cc1ccc(CN(C2CC(=O)N(c3ccccc3)C2=O)S(=O)(=O)c2ccc(C)cc2)cc1. The zero-order valence-electron chi connectivity index (χ0n) is 17.9. The molecule has 164 valence electrons. The Morgan fingerprint density at radius 3 is 2.00 bits per heavy atom. The molecular weight excluding hydrogens is 424 g/mol. The molecule has 1 aliphatic heterocycles. The van der Waals surface area contributed by atoms with Crippen molar-refractivity contribution >= 4 is 27.5 Å². The number of carbonyl (C=O) groups excluding carboxylic acids is 2. The summed E-state index contributed by atoms with van der Waals surface area (Å²) in [6.45, 7) is 3.81. The highest BCUT2D eigenvalue weighted by Gasteiger charge is 2.46. The van der Waals surface area contributed by atoms with Crippen LogP contribution in [0.25, 0.3) is 0 Å². The molecule has 1 saturated heterocycles. The molecular formula is C25H24N2O4S. The van der Waals surface area contributed by atoms with Crippen LogP contribution in [0.3, 0.4) is 0 Å². The number of anilines is 1. The lowest BCUT2D eigenvalue weighted by Crippen LogP contribution is -2.45. The van der Waals surface area contributed by atoms with Crippen LogP contribution in [0.5, 0.6) is 0 Å². The maximum absolute atomic E-state index is 13.6. The Bertz CT molecular complexity index is 1240. The molecule has 0 aliphatic carbocycles. The second kappa shape index (κ2) is 8.68. The van der Waals surface area contributed by atoms with Gasteiger partial charge in [0.05, 0.1) is 17.0 Å². The molecule has 1 fully saturated rings. The smallest absolute Gasteiger partial charge is 0.252 e. The van der Waals surface area contributed by atoms with E-state index in [1.807, 2.05) is 38.1 Å². The average molecular weight is 449 g/mol. The fourth-order valence-electron chi connectivity index (χ4n) is 3.77. The molecule has 1 aliphatic rings. The van der Waals surface area contributed by atoms with E-state index in [4.69, 9.17) is 0 Å². The topological polar surface area (TPSA) is 74.8 Å². The lowest BCUT2D eigenvalue weighted by molar-refractivity contribution is -0.122. The summed E-state index contributed by atoms with van der Waals surface area (Å²) in [7, 11) is -4.04. The number of nitrogens with zero attached hydrogens (tertiary/aromatic N) is 2. The van der Waals surface area contributed by atoms with E-state index in [2.05, 4.69) is 0 Å². The van der Waals surface area contributed by atoms with Gasteiger partial charge >= 0.3 is 0 Å². The molecule has 32 heavy (non-hydrogen) atoms. The fraction of sp³-hybridized carbons (Fsp3) is 0.200. The Balaban J connectivity index is 1.75. The summed E-state index contributed by atoms with van der Waals surface area (Å²) in [5.41, 5.74) is 3.15. The van der Waals surface area contributed by atoms with E-state index >= 15 is 0 Å². The molecule has 2 amide bonds. The molecule has 1 atom stereocenters. The van der Waals surface area contributed by atoms with Gasteiger partial charge in [0.15, 0.2) is 0 Å². The van der Waals surface area contributed by atoms with Crippen molar-refractivity contribution in [2.75, 3.05) is 4.90 Å². The van der Waals surface area contributed by atoms with Crippen LogP contribution in [-0.4, -0.2) is 30.6 Å². The van der Waals surface area contributed by atoms with Gasteiger partial charge < -0.3 is 0 Å². The van der Waals surface area contributed by atoms with E-state index in [1.165, 1.54) is 12.1 Å². The van der Waals surface area contributed by atoms with E-state index in [9.17, 15) is 18.0 Å². The number of imide groups is 1. The van der Waals surface area contributed by atoms with Crippen LogP contribution in [0, 0.1) is 13.8 Å². The van der Waals surface area contributed by atoms with E-state index in [-0.39, 0.29) is 17.9 Å². The van der Waals surface area contributed by atoms with Crippen molar-refractivity contribution in [2.45, 2.75) is 37.8 Å². The van der Waals surface area contributed by atoms with Crippen molar-refractivity contribution < 1.29 is 18.0 Å². The molecule has 0 aromatic heterocycles. The molecule has 0 radical (unpaired) electrons. The Morgan fingerprint density at radius 1 is 0.844 bits per heavy atom. The van der Waals surface area contributed by atoms with Crippen LogP contribution >= 0.6 is 0 Å². The quantitative estimate of drug-likeness (QED) is 0.537. The Morgan fingerprint density at radius 2 is 1.41 bits per heavy atom. The molecule has 4 rings (SSSR count). The lowest BCUT2D eigenvalue weighted by Gasteiger charge is -2.27. The molecule has 7 heteroatoms. The summed E-state index contributed by atoms with van der Waals surface area (Å²) in [4.78, 5) is 27.3. The molecule has 0 bridgehead atoms. The molecule has 1 heterocycles. The molecule has 0 saturated carbocycles. The van der Waals surface area contributed by atoms with Crippen LogP contribution < -0.4 is 4.90 Å². The lowest BCUT2D eigenvalue weighted by atomic mass is 10.1. The van der Waals surface area contributed by atoms with Crippen molar-refractivity contribution in [1.29, 1.82) is 0 Å². The number of hydrogen-bond acceptors (Lipinski definition) is 4. The minimum absolute atomic E-state index is 0.0111. The van der Waals surface area contributed by atoms with Gasteiger partial charge in [0.2, 0.25) is 15.9 Å². The monoisotopic (exact) mass is 448 g/mol. The van der Waals surface area contributed by atoms with Gasteiger partial charge in [0.25, 0.3) is 5.91 Å². The molecule has 3 aromatic carbocycles. The zero-order chi connectivity index (χ0) is 22.9. The van der Waals surface area contributed by atoms with Crippen molar-refractivity contribution in [3.8, 4) is 0 Å². The fourth-order valence-corrected chi connectivity index (χ4v) is 5.34. The predicted molar refractivity (Wildman–Crippen MR) is 122 cm³/mol. The highest BCUT2D eigenvalue weighted by atomic mass is 32.2. The van der Waals surface area contributed by atoms with Crippen LogP contribution in [0.15, 0.2) is 83.8 Å². The van der Waals surface area contributed by atoms with Gasteiger partial charge in [-0.1, -0.05) is 65.7 Å². The number of para-hydroxylation sites is 1. The standard InChI is InChI=1S/C25H24N2O4S/c1-18-8-12-20(13-9-18)17-26(32(30,31)22-14-10-19(2)11-15-22)23-16-24(28)27(25(23)29)21-6-4-3-5-7-21/h3-15,23H,16-17H2,1-2H3. The minimum atomic E-state index is -4.04. The van der Waals surface area contributed by atoms with Crippen LogP contribution in [-0.2, 0) is 26.2 Å². The highest BCUT2D eigenvalue weighted by Crippen LogP contribution is 2.30. The van der Waals surface area contributed by atoms with Gasteiger partial charge in [-0.3, -0.25) is 9.59 Å². The van der Waals surface area contributed by atoms with Gasteiger partial charge in [-0.25, -0.2) is 13.3 Å². The van der Waals surface area contributed by atoms with Crippen LogP contribution in [0.1, 0.15) is 23.1 Å². The minimum Gasteiger partial charge on any atom is -0.274 e. The maximum atomic E-state index is 13.6. The Hall–Kier alpha value is -3.29. The summed E-state index contributed by atoms with van der Waals surface area (Å²) in [6, 6.07) is 21.4. The number of rotatable bonds is 6. The first-order valence-electron chi connectivity index (χ1n) is 10.3. The number of sulfonamides is 1. The first kappa shape index (κ1) is 21.9. The van der Waals surface area contributed by atoms with Gasteiger partial charge in [0, 0.05) is 6.54 Å². The number of benzene rings is 3. The molecule has 0 spiro atoms. The first-order chi connectivity index (χ1) is 15.3. The largest absolute Gasteiger partial charge is 0.274 e.